The van der Waals surface area contributed by atoms with E-state index in [4.69, 9.17) is 9.47 Å². The summed E-state index contributed by atoms with van der Waals surface area (Å²) >= 11 is 0. The molecule has 0 heterocycles. The fraction of sp³-hybridized carbons (Fsp3) is 0.550. The van der Waals surface area contributed by atoms with Gasteiger partial charge in [0, 0.05) is 11.7 Å². The zero-order valence-electron chi connectivity index (χ0n) is 15.6. The number of carbonyl (C=O) groups excluding carboxylic acids is 1. The van der Waals surface area contributed by atoms with Crippen LogP contribution in [0.1, 0.15) is 40.5 Å². The molecule has 134 valence electrons. The highest BCUT2D eigenvalue weighted by atomic mass is 16.5. The van der Waals surface area contributed by atoms with Crippen LogP contribution in [0.4, 0.5) is 5.69 Å². The van der Waals surface area contributed by atoms with Crippen LogP contribution in [0.2, 0.25) is 0 Å². The molecule has 24 heavy (non-hydrogen) atoms. The van der Waals surface area contributed by atoms with E-state index in [2.05, 4.69) is 18.8 Å². The zero-order valence-corrected chi connectivity index (χ0v) is 15.6. The molecule has 0 radical (unpaired) electrons. The largest absolute Gasteiger partial charge is 0.497 e. The molecule has 0 bridgehead atoms. The number of anilines is 1. The molecule has 4 nitrogen and oxygen atoms in total. The van der Waals surface area contributed by atoms with Crippen molar-refractivity contribution in [2.45, 2.75) is 46.6 Å². The van der Waals surface area contributed by atoms with Crippen molar-refractivity contribution in [2.24, 2.45) is 11.3 Å². The maximum Gasteiger partial charge on any atom is 0.311 e. The molecule has 0 amide bonds. The van der Waals surface area contributed by atoms with Crippen LogP contribution in [-0.2, 0) is 9.53 Å². The van der Waals surface area contributed by atoms with Crippen LogP contribution in [0, 0.1) is 11.3 Å². The first-order chi connectivity index (χ1) is 11.3. The lowest BCUT2D eigenvalue weighted by Gasteiger charge is -2.32. The van der Waals surface area contributed by atoms with Gasteiger partial charge in [0.1, 0.15) is 5.75 Å². The minimum absolute atomic E-state index is 0.140. The smallest absolute Gasteiger partial charge is 0.311 e. The Kier molecular flexibility index (Phi) is 7.83. The van der Waals surface area contributed by atoms with Crippen LogP contribution in [0.15, 0.2) is 36.9 Å². The maximum absolute atomic E-state index is 12.2. The summed E-state index contributed by atoms with van der Waals surface area (Å²) in [6.07, 6.45) is 3.59. The minimum Gasteiger partial charge on any atom is -0.497 e. The number of hydrogen-bond donors (Lipinski definition) is 1. The van der Waals surface area contributed by atoms with E-state index in [9.17, 15) is 4.79 Å². The number of rotatable bonds is 10. The molecular formula is C20H31NO3. The van der Waals surface area contributed by atoms with Crippen LogP contribution >= 0.6 is 0 Å². The van der Waals surface area contributed by atoms with Crippen LogP contribution in [0.3, 0.4) is 0 Å². The third-order valence-electron chi connectivity index (χ3n) is 4.58. The van der Waals surface area contributed by atoms with Crippen molar-refractivity contribution in [1.82, 2.24) is 0 Å². The molecule has 0 fully saturated rings. The fourth-order valence-corrected chi connectivity index (χ4v) is 2.58. The number of ether oxygens (including phenoxy) is 2. The van der Waals surface area contributed by atoms with Crippen molar-refractivity contribution in [3.05, 3.63) is 36.9 Å². The molecule has 0 aromatic heterocycles. The van der Waals surface area contributed by atoms with Crippen molar-refractivity contribution >= 4 is 11.7 Å². The summed E-state index contributed by atoms with van der Waals surface area (Å²) in [4.78, 5) is 12.2. The maximum atomic E-state index is 12.2. The summed E-state index contributed by atoms with van der Waals surface area (Å²) in [5.74, 6) is 0.865. The van der Waals surface area contributed by atoms with Crippen molar-refractivity contribution in [2.75, 3.05) is 19.0 Å². The van der Waals surface area contributed by atoms with Crippen LogP contribution in [0.5, 0.6) is 5.75 Å². The van der Waals surface area contributed by atoms with E-state index in [1.807, 2.05) is 51.1 Å². The Bertz CT molecular complexity index is 522. The number of nitrogens with one attached hydrogen (secondary N) is 1. The van der Waals surface area contributed by atoms with Crippen molar-refractivity contribution in [3.8, 4) is 5.75 Å². The summed E-state index contributed by atoms with van der Waals surface area (Å²) in [7, 11) is 1.65. The average Bonchev–Trinajstić information content (AvgIpc) is 2.55. The highest BCUT2D eigenvalue weighted by Gasteiger charge is 2.36. The fourth-order valence-electron chi connectivity index (χ4n) is 2.58. The van der Waals surface area contributed by atoms with Gasteiger partial charge < -0.3 is 14.8 Å². The molecule has 0 saturated heterocycles. The highest BCUT2D eigenvalue weighted by Crippen LogP contribution is 2.33. The first-order valence-electron chi connectivity index (χ1n) is 8.53. The summed E-state index contributed by atoms with van der Waals surface area (Å²) in [5, 5.41) is 3.53. The molecule has 0 saturated carbocycles. The van der Waals surface area contributed by atoms with Gasteiger partial charge in [-0.2, -0.15) is 0 Å². The van der Waals surface area contributed by atoms with Gasteiger partial charge >= 0.3 is 5.97 Å². The average molecular weight is 333 g/mol. The lowest BCUT2D eigenvalue weighted by atomic mass is 9.76. The number of carbonyl (C=O) groups is 1. The molecule has 0 unspecified atom stereocenters. The Labute approximate surface area is 146 Å². The van der Waals surface area contributed by atoms with Crippen molar-refractivity contribution in [3.63, 3.8) is 0 Å². The van der Waals surface area contributed by atoms with E-state index in [0.29, 0.717) is 6.61 Å². The Morgan fingerprint density at radius 1 is 1.33 bits per heavy atom. The Balaban J connectivity index is 2.76. The topological polar surface area (TPSA) is 47.6 Å². The second kappa shape index (κ2) is 9.36. The number of esters is 1. The summed E-state index contributed by atoms with van der Waals surface area (Å²) < 4.78 is 10.4. The van der Waals surface area contributed by atoms with Gasteiger partial charge in [-0.25, -0.2) is 0 Å². The molecule has 0 aliphatic rings. The highest BCUT2D eigenvalue weighted by molar-refractivity contribution is 5.76. The molecule has 0 aliphatic carbocycles. The van der Waals surface area contributed by atoms with Crippen molar-refractivity contribution < 1.29 is 14.3 Å². The second-order valence-corrected chi connectivity index (χ2v) is 6.67. The van der Waals surface area contributed by atoms with Gasteiger partial charge in [0.25, 0.3) is 0 Å². The monoisotopic (exact) mass is 333 g/mol. The van der Waals surface area contributed by atoms with Crippen molar-refractivity contribution in [1.29, 1.82) is 0 Å². The third-order valence-corrected chi connectivity index (χ3v) is 4.58. The van der Waals surface area contributed by atoms with E-state index in [1.54, 1.807) is 7.11 Å². The van der Waals surface area contributed by atoms with Gasteiger partial charge in [-0.3, -0.25) is 4.79 Å². The van der Waals surface area contributed by atoms with Crippen LogP contribution in [0.25, 0.3) is 0 Å². The standard InChI is InChI=1S/C20H31NO3/c1-7-9-17(21-16-10-12-18(23-6)13-11-16)14-15(3)20(4,5)19(22)24-8-2/h7,10-13,15,17,21H,1,8-9,14H2,2-6H3/t15-,17+/m1/s1. The summed E-state index contributed by atoms with van der Waals surface area (Å²) in [5.41, 5.74) is 0.514. The third kappa shape index (κ3) is 5.59. The molecule has 1 rings (SSSR count). The van der Waals surface area contributed by atoms with E-state index >= 15 is 0 Å². The zero-order chi connectivity index (χ0) is 18.2. The first-order valence-corrected chi connectivity index (χ1v) is 8.53. The van der Waals surface area contributed by atoms with E-state index in [-0.39, 0.29) is 17.9 Å². The van der Waals surface area contributed by atoms with Gasteiger partial charge in [0.2, 0.25) is 0 Å². The molecule has 1 aromatic rings. The number of methoxy groups -OCH3 is 1. The molecule has 0 aliphatic heterocycles. The molecular weight excluding hydrogens is 302 g/mol. The lowest BCUT2D eigenvalue weighted by molar-refractivity contribution is -0.156. The van der Waals surface area contributed by atoms with Gasteiger partial charge in [0.15, 0.2) is 0 Å². The first kappa shape index (κ1) is 20.1. The van der Waals surface area contributed by atoms with Gasteiger partial charge in [0.05, 0.1) is 19.1 Å². The molecule has 1 N–H and O–H groups in total. The van der Waals surface area contributed by atoms with Crippen LogP contribution < -0.4 is 10.1 Å². The van der Waals surface area contributed by atoms with E-state index in [1.165, 1.54) is 0 Å². The second-order valence-electron chi connectivity index (χ2n) is 6.67. The normalized spacial score (nSPS) is 13.7. The predicted octanol–water partition coefficient (Wildman–Crippen LogP) is 4.67. The van der Waals surface area contributed by atoms with Gasteiger partial charge in [-0.05, 0) is 63.8 Å². The lowest BCUT2D eigenvalue weighted by Crippen LogP contribution is -2.36. The quantitative estimate of drug-likeness (QED) is 0.499. The van der Waals surface area contributed by atoms with Crippen LogP contribution in [-0.4, -0.2) is 25.7 Å². The summed E-state index contributed by atoms with van der Waals surface area (Å²) in [6, 6.07) is 8.06. The molecule has 2 atom stereocenters. The van der Waals surface area contributed by atoms with E-state index < -0.39 is 5.41 Å². The predicted molar refractivity (Wildman–Crippen MR) is 99.4 cm³/mol. The number of hydrogen-bond acceptors (Lipinski definition) is 4. The molecule has 1 aromatic carbocycles. The minimum atomic E-state index is -0.517. The van der Waals surface area contributed by atoms with Gasteiger partial charge in [-0.15, -0.1) is 6.58 Å². The van der Waals surface area contributed by atoms with E-state index in [0.717, 1.165) is 24.3 Å². The Morgan fingerprint density at radius 3 is 2.46 bits per heavy atom. The Morgan fingerprint density at radius 2 is 1.96 bits per heavy atom. The SMILES string of the molecule is C=CC[C@@H](C[C@@H](C)C(C)(C)C(=O)OCC)Nc1ccc(OC)cc1. The van der Waals surface area contributed by atoms with Gasteiger partial charge in [-0.1, -0.05) is 13.0 Å². The molecule has 0 spiro atoms. The molecule has 4 heteroatoms. The number of benzene rings is 1. The summed E-state index contributed by atoms with van der Waals surface area (Å²) in [6.45, 7) is 12.1. The Hall–Kier alpha value is -1.97.